The zero-order chi connectivity index (χ0) is 16.5. The van der Waals surface area contributed by atoms with E-state index in [4.69, 9.17) is 5.73 Å². The van der Waals surface area contributed by atoms with Crippen LogP contribution in [0.25, 0.3) is 0 Å². The van der Waals surface area contributed by atoms with Crippen molar-refractivity contribution in [1.82, 2.24) is 10.6 Å². The lowest BCUT2D eigenvalue weighted by atomic mass is 10.1. The van der Waals surface area contributed by atoms with Crippen LogP contribution >= 0.6 is 0 Å². The number of anilines is 1. The van der Waals surface area contributed by atoms with Gasteiger partial charge in [-0.15, -0.1) is 0 Å². The predicted octanol–water partition coefficient (Wildman–Crippen LogP) is 1.96. The Kier molecular flexibility index (Phi) is 7.39. The third-order valence-electron chi connectivity index (χ3n) is 3.03. The number of urea groups is 1. The van der Waals surface area contributed by atoms with E-state index in [2.05, 4.69) is 16.0 Å². The van der Waals surface area contributed by atoms with Crippen LogP contribution in [0.5, 0.6) is 0 Å². The monoisotopic (exact) mass is 306 g/mol. The molecule has 6 heteroatoms. The van der Waals surface area contributed by atoms with Crippen molar-refractivity contribution in [2.75, 3.05) is 5.32 Å². The van der Waals surface area contributed by atoms with E-state index in [1.54, 1.807) is 12.1 Å². The summed E-state index contributed by atoms with van der Waals surface area (Å²) < 4.78 is 0. The summed E-state index contributed by atoms with van der Waals surface area (Å²) in [5.74, 6) is -0.139. The van der Waals surface area contributed by atoms with E-state index in [1.807, 2.05) is 32.9 Å². The molecular formula is C16H26N4O2. The van der Waals surface area contributed by atoms with Crippen molar-refractivity contribution < 1.29 is 9.59 Å². The molecule has 1 rings (SSSR count). The maximum Gasteiger partial charge on any atom is 0.319 e. The van der Waals surface area contributed by atoms with Crippen molar-refractivity contribution in [3.63, 3.8) is 0 Å². The van der Waals surface area contributed by atoms with E-state index >= 15 is 0 Å². The molecule has 1 aromatic rings. The van der Waals surface area contributed by atoms with Gasteiger partial charge in [0.15, 0.2) is 0 Å². The number of amides is 3. The molecule has 0 spiro atoms. The molecule has 0 aliphatic rings. The van der Waals surface area contributed by atoms with Crippen molar-refractivity contribution >= 4 is 17.6 Å². The molecule has 0 aliphatic carbocycles. The molecule has 1 atom stereocenters. The summed E-state index contributed by atoms with van der Waals surface area (Å²) in [6, 6.07) is 6.71. The maximum atomic E-state index is 11.7. The number of benzene rings is 1. The van der Waals surface area contributed by atoms with E-state index in [9.17, 15) is 9.59 Å². The third kappa shape index (κ3) is 6.58. The number of rotatable bonds is 7. The number of nitrogens with one attached hydrogen (secondary N) is 3. The number of hydrogen-bond acceptors (Lipinski definition) is 3. The summed E-state index contributed by atoms with van der Waals surface area (Å²) in [6.45, 7) is 6.21. The van der Waals surface area contributed by atoms with Crippen molar-refractivity contribution in [2.45, 2.75) is 52.2 Å². The van der Waals surface area contributed by atoms with Crippen molar-refractivity contribution in [3.8, 4) is 0 Å². The topological polar surface area (TPSA) is 96.2 Å². The van der Waals surface area contributed by atoms with Gasteiger partial charge in [0.1, 0.15) is 0 Å². The molecular weight excluding hydrogens is 280 g/mol. The van der Waals surface area contributed by atoms with Gasteiger partial charge in [-0.05, 0) is 38.0 Å². The lowest BCUT2D eigenvalue weighted by Gasteiger charge is -2.12. The van der Waals surface area contributed by atoms with Gasteiger partial charge >= 0.3 is 6.03 Å². The number of nitrogens with two attached hydrogens (primary N) is 1. The molecule has 1 aromatic carbocycles. The van der Waals surface area contributed by atoms with Gasteiger partial charge in [0.25, 0.3) is 0 Å². The quantitative estimate of drug-likeness (QED) is 0.620. The van der Waals surface area contributed by atoms with Gasteiger partial charge in [0, 0.05) is 18.3 Å². The van der Waals surface area contributed by atoms with Gasteiger partial charge in [-0.25, -0.2) is 4.79 Å². The summed E-state index contributed by atoms with van der Waals surface area (Å²) in [5.41, 5.74) is 7.40. The third-order valence-corrected chi connectivity index (χ3v) is 3.03. The minimum atomic E-state index is -0.453. The fourth-order valence-corrected chi connectivity index (χ4v) is 1.90. The first-order valence-electron chi connectivity index (χ1n) is 7.62. The van der Waals surface area contributed by atoms with Gasteiger partial charge < -0.3 is 21.7 Å². The molecule has 0 heterocycles. The molecule has 0 saturated heterocycles. The standard InChI is InChI=1S/C16H26N4O2/c1-4-5-14(17)15(21)18-10-12-6-8-13(9-7-12)20-16(22)19-11(2)3/h6-9,11,14H,4-5,10,17H2,1-3H3,(H,18,21)(H2,19,20,22). The summed E-state index contributed by atoms with van der Waals surface area (Å²) in [7, 11) is 0. The molecule has 1 unspecified atom stereocenters. The Bertz CT molecular complexity index is 485. The first kappa shape index (κ1) is 18.0. The van der Waals surface area contributed by atoms with E-state index in [1.165, 1.54) is 0 Å². The first-order valence-corrected chi connectivity index (χ1v) is 7.62. The highest BCUT2D eigenvalue weighted by Gasteiger charge is 2.11. The van der Waals surface area contributed by atoms with Crippen molar-refractivity contribution in [3.05, 3.63) is 29.8 Å². The summed E-state index contributed by atoms with van der Waals surface area (Å²) >= 11 is 0. The predicted molar refractivity (Wildman–Crippen MR) is 88.5 cm³/mol. The summed E-state index contributed by atoms with van der Waals surface area (Å²) in [6.07, 6.45) is 1.56. The highest BCUT2D eigenvalue weighted by Crippen LogP contribution is 2.09. The Morgan fingerprint density at radius 3 is 2.36 bits per heavy atom. The van der Waals surface area contributed by atoms with Crippen LogP contribution in [-0.4, -0.2) is 24.0 Å². The Morgan fingerprint density at radius 1 is 1.18 bits per heavy atom. The molecule has 122 valence electrons. The van der Waals surface area contributed by atoms with E-state index < -0.39 is 6.04 Å². The number of carbonyl (C=O) groups excluding carboxylic acids is 2. The van der Waals surface area contributed by atoms with E-state index in [0.29, 0.717) is 18.7 Å². The Labute approximate surface area is 131 Å². The number of carbonyl (C=O) groups is 2. The minimum absolute atomic E-state index is 0.0850. The van der Waals surface area contributed by atoms with Gasteiger partial charge in [0.05, 0.1) is 6.04 Å². The van der Waals surface area contributed by atoms with Gasteiger partial charge in [-0.3, -0.25) is 4.79 Å². The van der Waals surface area contributed by atoms with Crippen LogP contribution in [0, 0.1) is 0 Å². The highest BCUT2D eigenvalue weighted by atomic mass is 16.2. The van der Waals surface area contributed by atoms with E-state index in [-0.39, 0.29) is 18.0 Å². The second-order valence-electron chi connectivity index (χ2n) is 5.56. The summed E-state index contributed by atoms with van der Waals surface area (Å²) in [4.78, 5) is 23.3. The lowest BCUT2D eigenvalue weighted by molar-refractivity contribution is -0.122. The van der Waals surface area contributed by atoms with Crippen LogP contribution in [0.3, 0.4) is 0 Å². The molecule has 6 nitrogen and oxygen atoms in total. The van der Waals surface area contributed by atoms with Crippen molar-refractivity contribution in [1.29, 1.82) is 0 Å². The molecule has 0 bridgehead atoms. The first-order chi connectivity index (χ1) is 10.4. The van der Waals surface area contributed by atoms with Gasteiger partial charge in [-0.2, -0.15) is 0 Å². The van der Waals surface area contributed by atoms with Crippen LogP contribution in [0.1, 0.15) is 39.2 Å². The Morgan fingerprint density at radius 2 is 1.82 bits per heavy atom. The maximum absolute atomic E-state index is 11.7. The van der Waals surface area contributed by atoms with Crippen LogP contribution in [0.2, 0.25) is 0 Å². The normalized spacial score (nSPS) is 11.9. The van der Waals surface area contributed by atoms with Crippen molar-refractivity contribution in [2.24, 2.45) is 5.73 Å². The molecule has 0 aromatic heterocycles. The summed E-state index contributed by atoms with van der Waals surface area (Å²) in [5, 5.41) is 8.30. The van der Waals surface area contributed by atoms with Crippen LogP contribution in [0.15, 0.2) is 24.3 Å². The minimum Gasteiger partial charge on any atom is -0.351 e. The Balaban J connectivity index is 2.45. The SMILES string of the molecule is CCCC(N)C(=O)NCc1ccc(NC(=O)NC(C)C)cc1. The Hall–Kier alpha value is -2.08. The highest BCUT2D eigenvalue weighted by molar-refractivity contribution is 5.89. The molecule has 3 amide bonds. The zero-order valence-electron chi connectivity index (χ0n) is 13.5. The largest absolute Gasteiger partial charge is 0.351 e. The lowest BCUT2D eigenvalue weighted by Crippen LogP contribution is -2.40. The average molecular weight is 306 g/mol. The fourth-order valence-electron chi connectivity index (χ4n) is 1.90. The molecule has 22 heavy (non-hydrogen) atoms. The molecule has 0 aliphatic heterocycles. The van der Waals surface area contributed by atoms with Crippen LogP contribution in [-0.2, 0) is 11.3 Å². The molecule has 0 fully saturated rings. The zero-order valence-corrected chi connectivity index (χ0v) is 13.5. The van der Waals surface area contributed by atoms with Crippen LogP contribution in [0.4, 0.5) is 10.5 Å². The van der Waals surface area contributed by atoms with Crippen LogP contribution < -0.4 is 21.7 Å². The average Bonchev–Trinajstić information content (AvgIpc) is 2.45. The molecule has 5 N–H and O–H groups in total. The molecule has 0 radical (unpaired) electrons. The fraction of sp³-hybridized carbons (Fsp3) is 0.500. The second-order valence-corrected chi connectivity index (χ2v) is 5.56. The second kappa shape index (κ2) is 9.04. The number of hydrogen-bond donors (Lipinski definition) is 4. The smallest absolute Gasteiger partial charge is 0.319 e. The van der Waals surface area contributed by atoms with Gasteiger partial charge in [0.2, 0.25) is 5.91 Å². The molecule has 0 saturated carbocycles. The van der Waals surface area contributed by atoms with E-state index in [0.717, 1.165) is 12.0 Å². The van der Waals surface area contributed by atoms with Gasteiger partial charge in [-0.1, -0.05) is 25.5 Å².